The smallest absolute Gasteiger partial charge is 0.264 e. The molecule has 0 saturated heterocycles. The maximum absolute atomic E-state index is 12.1. The summed E-state index contributed by atoms with van der Waals surface area (Å²) in [6.07, 6.45) is 0. The van der Waals surface area contributed by atoms with E-state index in [0.29, 0.717) is 23.0 Å². The summed E-state index contributed by atoms with van der Waals surface area (Å²) >= 11 is 6.01. The number of rotatable bonds is 3. The number of aliphatic imine (C=N–C) groups is 1. The second kappa shape index (κ2) is 5.50. The van der Waals surface area contributed by atoms with E-state index in [1.807, 2.05) is 0 Å². The molecule has 3 N–H and O–H groups in total. The van der Waals surface area contributed by atoms with E-state index in [4.69, 9.17) is 17.3 Å². The van der Waals surface area contributed by atoms with Gasteiger partial charge in [-0.25, -0.2) is 0 Å². The Labute approximate surface area is 115 Å². The van der Waals surface area contributed by atoms with E-state index in [2.05, 4.69) is 10.3 Å². The molecule has 1 aromatic carbocycles. The summed E-state index contributed by atoms with van der Waals surface area (Å²) in [4.78, 5) is 28.0. The third-order valence-corrected chi connectivity index (χ3v) is 3.37. The summed E-state index contributed by atoms with van der Waals surface area (Å²) in [7, 11) is 0. The fraction of sp³-hybridized carbons (Fsp3) is 0.308. The van der Waals surface area contributed by atoms with Crippen molar-refractivity contribution in [3.05, 3.63) is 34.9 Å². The van der Waals surface area contributed by atoms with Crippen molar-refractivity contribution < 1.29 is 9.59 Å². The van der Waals surface area contributed by atoms with Crippen LogP contribution in [-0.4, -0.2) is 24.2 Å². The summed E-state index contributed by atoms with van der Waals surface area (Å²) in [5.74, 6) is -1.75. The standard InChI is InChI=1S/C13H14ClN3O2/c1-7(6-15)11-16-12(18)10(13(19)17-11)8-4-2-3-5-9(8)14/h2-5,7,10H,6,15H2,1H3,(H,16,17,18,19). The van der Waals surface area contributed by atoms with E-state index in [1.54, 1.807) is 31.2 Å². The summed E-state index contributed by atoms with van der Waals surface area (Å²) < 4.78 is 0. The normalized spacial score (nSPS) is 20.8. The number of carbonyl (C=O) groups is 2. The van der Waals surface area contributed by atoms with Crippen molar-refractivity contribution in [1.29, 1.82) is 0 Å². The van der Waals surface area contributed by atoms with Gasteiger partial charge in [-0.05, 0) is 11.6 Å². The lowest BCUT2D eigenvalue weighted by atomic mass is 9.95. The molecule has 1 aliphatic heterocycles. The van der Waals surface area contributed by atoms with Crippen LogP contribution in [0.1, 0.15) is 18.4 Å². The zero-order valence-electron chi connectivity index (χ0n) is 10.4. The number of amidine groups is 1. The van der Waals surface area contributed by atoms with Gasteiger partial charge >= 0.3 is 0 Å². The van der Waals surface area contributed by atoms with Crippen LogP contribution in [0.25, 0.3) is 0 Å². The van der Waals surface area contributed by atoms with Gasteiger partial charge in [-0.1, -0.05) is 36.7 Å². The highest BCUT2D eigenvalue weighted by atomic mass is 35.5. The molecular formula is C13H14ClN3O2. The van der Waals surface area contributed by atoms with Crippen molar-refractivity contribution in [2.24, 2.45) is 16.6 Å². The predicted octanol–water partition coefficient (Wildman–Crippen LogP) is 1.07. The Bertz CT molecular complexity index is 557. The lowest BCUT2D eigenvalue weighted by molar-refractivity contribution is -0.129. The molecule has 2 amide bonds. The van der Waals surface area contributed by atoms with Gasteiger partial charge in [-0.2, -0.15) is 4.99 Å². The molecule has 2 unspecified atom stereocenters. The Balaban J connectivity index is 2.36. The van der Waals surface area contributed by atoms with Gasteiger partial charge in [0.05, 0.1) is 0 Å². The third kappa shape index (κ3) is 2.67. The third-order valence-electron chi connectivity index (χ3n) is 3.03. The molecule has 2 atom stereocenters. The number of nitrogens with zero attached hydrogens (tertiary/aromatic N) is 1. The molecule has 5 nitrogen and oxygen atoms in total. The number of hydrogen-bond donors (Lipinski definition) is 2. The molecule has 0 spiro atoms. The van der Waals surface area contributed by atoms with E-state index in [-0.39, 0.29) is 5.92 Å². The summed E-state index contributed by atoms with van der Waals surface area (Å²) in [5, 5.41) is 3.00. The van der Waals surface area contributed by atoms with Crippen LogP contribution in [0.15, 0.2) is 29.3 Å². The molecule has 1 aliphatic rings. The molecule has 100 valence electrons. The molecule has 0 radical (unpaired) electrons. The highest BCUT2D eigenvalue weighted by Gasteiger charge is 2.35. The van der Waals surface area contributed by atoms with Crippen molar-refractivity contribution in [1.82, 2.24) is 5.32 Å². The molecule has 0 aromatic heterocycles. The Hall–Kier alpha value is -1.72. The van der Waals surface area contributed by atoms with Crippen LogP contribution in [-0.2, 0) is 9.59 Å². The minimum absolute atomic E-state index is 0.167. The molecule has 2 rings (SSSR count). The predicted molar refractivity (Wildman–Crippen MR) is 73.0 cm³/mol. The quantitative estimate of drug-likeness (QED) is 0.812. The van der Waals surface area contributed by atoms with Gasteiger partial charge in [0.25, 0.3) is 5.91 Å². The number of amides is 2. The molecule has 0 saturated carbocycles. The maximum Gasteiger partial charge on any atom is 0.264 e. The first-order chi connectivity index (χ1) is 9.04. The highest BCUT2D eigenvalue weighted by Crippen LogP contribution is 2.27. The van der Waals surface area contributed by atoms with Crippen molar-refractivity contribution in [3.63, 3.8) is 0 Å². The molecule has 19 heavy (non-hydrogen) atoms. The fourth-order valence-electron chi connectivity index (χ4n) is 1.85. The lowest BCUT2D eigenvalue weighted by Gasteiger charge is -2.23. The Kier molecular flexibility index (Phi) is 3.97. The van der Waals surface area contributed by atoms with Gasteiger partial charge in [-0.15, -0.1) is 0 Å². The first-order valence-corrected chi connectivity index (χ1v) is 6.30. The van der Waals surface area contributed by atoms with Gasteiger partial charge in [0.15, 0.2) is 0 Å². The zero-order valence-corrected chi connectivity index (χ0v) is 11.1. The van der Waals surface area contributed by atoms with Crippen molar-refractivity contribution in [2.45, 2.75) is 12.8 Å². The van der Waals surface area contributed by atoms with E-state index >= 15 is 0 Å². The summed E-state index contributed by atoms with van der Waals surface area (Å²) in [5.41, 5.74) is 5.97. The van der Waals surface area contributed by atoms with Gasteiger partial charge in [-0.3, -0.25) is 9.59 Å². The van der Waals surface area contributed by atoms with Gasteiger partial charge in [0.2, 0.25) is 5.91 Å². The summed E-state index contributed by atoms with van der Waals surface area (Å²) in [6.45, 7) is 2.10. The Morgan fingerprint density at radius 2 is 2.11 bits per heavy atom. The SMILES string of the molecule is CC(CN)C1=NC(=O)C(c2ccccc2Cl)C(=O)N1. The molecule has 0 bridgehead atoms. The minimum Gasteiger partial charge on any atom is -0.330 e. The minimum atomic E-state index is -0.984. The molecule has 6 heteroatoms. The molecule has 0 fully saturated rings. The van der Waals surface area contributed by atoms with Crippen LogP contribution < -0.4 is 11.1 Å². The van der Waals surface area contributed by atoms with Crippen molar-refractivity contribution >= 4 is 29.3 Å². The maximum atomic E-state index is 12.1. The first-order valence-electron chi connectivity index (χ1n) is 5.92. The Morgan fingerprint density at radius 1 is 1.42 bits per heavy atom. The van der Waals surface area contributed by atoms with Crippen LogP contribution in [0.5, 0.6) is 0 Å². The second-order valence-corrected chi connectivity index (χ2v) is 4.82. The van der Waals surface area contributed by atoms with E-state index in [1.165, 1.54) is 0 Å². The number of benzene rings is 1. The van der Waals surface area contributed by atoms with E-state index < -0.39 is 17.7 Å². The van der Waals surface area contributed by atoms with Crippen LogP contribution in [0.4, 0.5) is 0 Å². The van der Waals surface area contributed by atoms with Crippen molar-refractivity contribution in [2.75, 3.05) is 6.54 Å². The number of carbonyl (C=O) groups excluding carboxylic acids is 2. The largest absolute Gasteiger partial charge is 0.330 e. The highest BCUT2D eigenvalue weighted by molar-refractivity contribution is 6.32. The average Bonchev–Trinajstić information content (AvgIpc) is 2.39. The topological polar surface area (TPSA) is 84.5 Å². The summed E-state index contributed by atoms with van der Waals surface area (Å²) in [6, 6.07) is 6.75. The first kappa shape index (κ1) is 13.7. The zero-order chi connectivity index (χ0) is 14.0. The number of nitrogens with two attached hydrogens (primary N) is 1. The number of nitrogens with one attached hydrogen (secondary N) is 1. The number of hydrogen-bond acceptors (Lipinski definition) is 3. The second-order valence-electron chi connectivity index (χ2n) is 4.42. The van der Waals surface area contributed by atoms with Crippen LogP contribution in [0, 0.1) is 5.92 Å². The van der Waals surface area contributed by atoms with Crippen molar-refractivity contribution in [3.8, 4) is 0 Å². The number of halogens is 1. The van der Waals surface area contributed by atoms with Crippen LogP contribution >= 0.6 is 11.6 Å². The fourth-order valence-corrected chi connectivity index (χ4v) is 2.10. The van der Waals surface area contributed by atoms with E-state index in [0.717, 1.165) is 0 Å². The van der Waals surface area contributed by atoms with Gasteiger partial charge in [0, 0.05) is 17.5 Å². The van der Waals surface area contributed by atoms with E-state index in [9.17, 15) is 9.59 Å². The molecule has 1 heterocycles. The Morgan fingerprint density at radius 3 is 2.68 bits per heavy atom. The molecule has 0 aliphatic carbocycles. The van der Waals surface area contributed by atoms with Gasteiger partial charge in [0.1, 0.15) is 11.8 Å². The molecular weight excluding hydrogens is 266 g/mol. The monoisotopic (exact) mass is 279 g/mol. The van der Waals surface area contributed by atoms with Crippen LogP contribution in [0.3, 0.4) is 0 Å². The van der Waals surface area contributed by atoms with Gasteiger partial charge < -0.3 is 11.1 Å². The average molecular weight is 280 g/mol. The molecule has 1 aromatic rings. The van der Waals surface area contributed by atoms with Crippen LogP contribution in [0.2, 0.25) is 5.02 Å². The lowest BCUT2D eigenvalue weighted by Crippen LogP contribution is -2.46.